The number of hydrogen-bond acceptors (Lipinski definition) is 8. The highest BCUT2D eigenvalue weighted by Gasteiger charge is 2.35. The molecule has 1 aliphatic rings. The van der Waals surface area contributed by atoms with Crippen molar-refractivity contribution in [3.63, 3.8) is 0 Å². The number of nitrogens with one attached hydrogen (secondary N) is 3. The molecular weight excluding hydrogens is 542 g/mol. The third-order valence-electron chi connectivity index (χ3n) is 6.42. The van der Waals surface area contributed by atoms with E-state index in [2.05, 4.69) is 22.0 Å². The molecule has 4 rings (SSSR count). The number of ether oxygens (including phenoxy) is 1. The highest BCUT2D eigenvalue weighted by molar-refractivity contribution is 8.03. The number of hydrogen-bond donors (Lipinski definition) is 3. The lowest BCUT2D eigenvalue weighted by atomic mass is 9.82. The van der Waals surface area contributed by atoms with E-state index in [9.17, 15) is 25.0 Å². The summed E-state index contributed by atoms with van der Waals surface area (Å²) in [5.74, 6) is -0.963. The normalized spacial score (nSPS) is 14.5. The summed E-state index contributed by atoms with van der Waals surface area (Å²) in [6.07, 6.45) is 0. The fourth-order valence-corrected chi connectivity index (χ4v) is 5.36. The van der Waals surface area contributed by atoms with Gasteiger partial charge in [0, 0.05) is 29.1 Å². The number of carbonyl (C=O) groups is 2. The number of rotatable bonds is 9. The molecule has 0 spiro atoms. The standard InChI is InChI=1S/C30H27N5O5S/c1-18-15-21(35(38)39)13-14-23(18)33-26(36)17-41-30-22(16-31)28(20-9-5-4-6-10-20)27(19(2)32-30)29(37)34-24-11-7-8-12-25(24)40-3/h4-15,28,32H,17H2,1-3H3,(H,33,36)(H,34,37)/t28-/m1/s1. The predicted molar refractivity (Wildman–Crippen MR) is 158 cm³/mol. The highest BCUT2D eigenvalue weighted by atomic mass is 32.2. The minimum absolute atomic E-state index is 0.0402. The molecule has 3 N–H and O–H groups in total. The third-order valence-corrected chi connectivity index (χ3v) is 7.44. The van der Waals surface area contributed by atoms with Crippen LogP contribution < -0.4 is 20.7 Å². The predicted octanol–water partition coefficient (Wildman–Crippen LogP) is 5.62. The van der Waals surface area contributed by atoms with Crippen LogP contribution in [0.25, 0.3) is 0 Å². The van der Waals surface area contributed by atoms with Gasteiger partial charge in [0.25, 0.3) is 11.6 Å². The van der Waals surface area contributed by atoms with Crippen LogP contribution in [0.3, 0.4) is 0 Å². The van der Waals surface area contributed by atoms with Crippen molar-refractivity contribution in [2.75, 3.05) is 23.5 Å². The summed E-state index contributed by atoms with van der Waals surface area (Å²) in [4.78, 5) is 37.0. The second-order valence-corrected chi connectivity index (χ2v) is 10.1. The molecule has 2 amide bonds. The maximum absolute atomic E-state index is 13.7. The number of benzene rings is 3. The second kappa shape index (κ2) is 12.8. The van der Waals surface area contributed by atoms with Crippen molar-refractivity contribution < 1.29 is 19.2 Å². The van der Waals surface area contributed by atoms with Gasteiger partial charge in [0.1, 0.15) is 5.75 Å². The summed E-state index contributed by atoms with van der Waals surface area (Å²) in [7, 11) is 1.52. The molecule has 208 valence electrons. The molecule has 0 bridgehead atoms. The largest absolute Gasteiger partial charge is 0.495 e. The lowest BCUT2D eigenvalue weighted by Gasteiger charge is -2.30. The van der Waals surface area contributed by atoms with Crippen LogP contribution in [-0.2, 0) is 9.59 Å². The number of dihydropyridines is 1. The quantitative estimate of drug-likeness (QED) is 0.222. The average Bonchev–Trinajstić information content (AvgIpc) is 2.97. The molecule has 1 heterocycles. The van der Waals surface area contributed by atoms with E-state index >= 15 is 0 Å². The molecule has 0 radical (unpaired) electrons. The molecule has 1 atom stereocenters. The highest BCUT2D eigenvalue weighted by Crippen LogP contribution is 2.41. The summed E-state index contributed by atoms with van der Waals surface area (Å²) < 4.78 is 5.37. The molecule has 0 fully saturated rings. The van der Waals surface area contributed by atoms with Gasteiger partial charge in [0.15, 0.2) is 0 Å². The van der Waals surface area contributed by atoms with E-state index in [0.717, 1.165) is 17.3 Å². The Labute approximate surface area is 241 Å². The molecule has 10 nitrogen and oxygen atoms in total. The molecule has 3 aromatic carbocycles. The monoisotopic (exact) mass is 569 g/mol. The zero-order valence-electron chi connectivity index (χ0n) is 22.6. The molecule has 11 heteroatoms. The number of para-hydroxylation sites is 2. The van der Waals surface area contributed by atoms with Gasteiger partial charge in [-0.25, -0.2) is 0 Å². The number of carbonyl (C=O) groups excluding carboxylic acids is 2. The van der Waals surface area contributed by atoms with Crippen LogP contribution >= 0.6 is 11.8 Å². The summed E-state index contributed by atoms with van der Waals surface area (Å²) >= 11 is 1.14. The first kappa shape index (κ1) is 28.9. The minimum atomic E-state index is -0.681. The first-order valence-electron chi connectivity index (χ1n) is 12.5. The molecule has 41 heavy (non-hydrogen) atoms. The van der Waals surface area contributed by atoms with E-state index < -0.39 is 16.7 Å². The van der Waals surface area contributed by atoms with Gasteiger partial charge >= 0.3 is 0 Å². The van der Waals surface area contributed by atoms with Gasteiger partial charge in [0.05, 0.1) is 46.1 Å². The first-order valence-corrected chi connectivity index (χ1v) is 13.5. The van der Waals surface area contributed by atoms with Gasteiger partial charge < -0.3 is 20.7 Å². The van der Waals surface area contributed by atoms with E-state index in [4.69, 9.17) is 4.74 Å². The van der Waals surface area contributed by atoms with E-state index in [1.165, 1.54) is 25.3 Å². The number of anilines is 2. The molecule has 0 aliphatic carbocycles. The van der Waals surface area contributed by atoms with Crippen LogP contribution in [-0.4, -0.2) is 29.6 Å². The summed E-state index contributed by atoms with van der Waals surface area (Å²) in [6.45, 7) is 3.42. The fraction of sp³-hybridized carbons (Fsp3) is 0.167. The number of amides is 2. The average molecular weight is 570 g/mol. The third kappa shape index (κ3) is 6.57. The molecule has 0 unspecified atom stereocenters. The van der Waals surface area contributed by atoms with Crippen LogP contribution in [0, 0.1) is 28.4 Å². The van der Waals surface area contributed by atoms with E-state index in [-0.39, 0.29) is 17.3 Å². The van der Waals surface area contributed by atoms with Gasteiger partial charge in [-0.2, -0.15) is 5.26 Å². The number of non-ortho nitro benzene ring substituents is 1. The number of methoxy groups -OCH3 is 1. The summed E-state index contributed by atoms with van der Waals surface area (Å²) in [5.41, 5.74) is 3.40. The van der Waals surface area contributed by atoms with Crippen molar-refractivity contribution in [1.82, 2.24) is 5.32 Å². The second-order valence-electron chi connectivity index (χ2n) is 9.11. The fourth-order valence-electron chi connectivity index (χ4n) is 4.47. The number of nitrogens with zero attached hydrogens (tertiary/aromatic N) is 2. The van der Waals surface area contributed by atoms with Crippen molar-refractivity contribution in [2.45, 2.75) is 19.8 Å². The van der Waals surface area contributed by atoms with Crippen molar-refractivity contribution in [3.8, 4) is 11.8 Å². The zero-order chi connectivity index (χ0) is 29.5. The van der Waals surface area contributed by atoms with Crippen molar-refractivity contribution in [3.05, 3.63) is 116 Å². The SMILES string of the molecule is COc1ccccc1NC(=O)C1=C(C)NC(SCC(=O)Nc2ccc([N+](=O)[O-])cc2C)=C(C#N)[C@H]1c1ccccc1. The van der Waals surface area contributed by atoms with Crippen molar-refractivity contribution >= 4 is 40.6 Å². The maximum Gasteiger partial charge on any atom is 0.269 e. The number of thioether (sulfide) groups is 1. The maximum atomic E-state index is 13.7. The molecule has 0 saturated heterocycles. The Hall–Kier alpha value is -5.08. The Balaban J connectivity index is 1.60. The van der Waals surface area contributed by atoms with Gasteiger partial charge in [-0.3, -0.25) is 19.7 Å². The van der Waals surface area contributed by atoms with Crippen LogP contribution in [0.5, 0.6) is 5.75 Å². The number of allylic oxidation sites excluding steroid dienone is 2. The van der Waals surface area contributed by atoms with Crippen LogP contribution in [0.2, 0.25) is 0 Å². The van der Waals surface area contributed by atoms with E-state index in [0.29, 0.717) is 44.6 Å². The molecule has 1 aliphatic heterocycles. The number of nitriles is 1. The van der Waals surface area contributed by atoms with Gasteiger partial charge in [-0.15, -0.1) is 0 Å². The molecule has 0 aromatic heterocycles. The van der Waals surface area contributed by atoms with Gasteiger partial charge in [0.2, 0.25) is 5.91 Å². The Morgan fingerprint density at radius 1 is 1.05 bits per heavy atom. The summed E-state index contributed by atoms with van der Waals surface area (Å²) in [6, 6.07) is 22.7. The van der Waals surface area contributed by atoms with E-state index in [1.807, 2.05) is 30.3 Å². The van der Waals surface area contributed by atoms with Crippen LogP contribution in [0.15, 0.2) is 94.7 Å². The summed E-state index contributed by atoms with van der Waals surface area (Å²) in [5, 5.41) is 30.6. The zero-order valence-corrected chi connectivity index (χ0v) is 23.4. The Kier molecular flexibility index (Phi) is 9.06. The van der Waals surface area contributed by atoms with Crippen LogP contribution in [0.1, 0.15) is 24.0 Å². The molecule has 0 saturated carbocycles. The van der Waals surface area contributed by atoms with Crippen LogP contribution in [0.4, 0.5) is 17.1 Å². The minimum Gasteiger partial charge on any atom is -0.495 e. The van der Waals surface area contributed by atoms with Crippen molar-refractivity contribution in [2.24, 2.45) is 0 Å². The number of nitro groups is 1. The first-order chi connectivity index (χ1) is 19.7. The number of aryl methyl sites for hydroxylation is 1. The smallest absolute Gasteiger partial charge is 0.269 e. The Morgan fingerprint density at radius 2 is 1.76 bits per heavy atom. The Morgan fingerprint density at radius 3 is 2.41 bits per heavy atom. The van der Waals surface area contributed by atoms with E-state index in [1.54, 1.807) is 38.1 Å². The lowest BCUT2D eigenvalue weighted by molar-refractivity contribution is -0.384. The number of nitro benzene ring substituents is 1. The lowest BCUT2D eigenvalue weighted by Crippen LogP contribution is -2.31. The van der Waals surface area contributed by atoms with Gasteiger partial charge in [-0.05, 0) is 43.2 Å². The topological polar surface area (TPSA) is 146 Å². The van der Waals surface area contributed by atoms with Gasteiger partial charge in [-0.1, -0.05) is 54.2 Å². The molecular formula is C30H27N5O5S. The van der Waals surface area contributed by atoms with Crippen molar-refractivity contribution in [1.29, 1.82) is 5.26 Å². The Bertz CT molecular complexity index is 1610. The molecule has 3 aromatic rings.